The minimum Gasteiger partial charge on any atom is -0.326 e. The topological polar surface area (TPSA) is 82.6 Å². The van der Waals surface area contributed by atoms with Crippen molar-refractivity contribution in [3.05, 3.63) is 87.9 Å². The number of nitrogens with zero attached hydrogens (tertiary/aromatic N) is 1. The van der Waals surface area contributed by atoms with Gasteiger partial charge in [0.1, 0.15) is 0 Å². The molecule has 0 bridgehead atoms. The van der Waals surface area contributed by atoms with Crippen molar-refractivity contribution in [2.45, 2.75) is 25.4 Å². The summed E-state index contributed by atoms with van der Waals surface area (Å²) in [5.74, 6) is -1.20. The number of alkyl halides is 3. The van der Waals surface area contributed by atoms with E-state index in [-0.39, 0.29) is 23.5 Å². The first-order valence-electron chi connectivity index (χ1n) is 10.7. The first-order valence-corrected chi connectivity index (χ1v) is 11.5. The molecule has 1 atom stereocenters. The number of hydrogen-bond donors (Lipinski definition) is 3. The molecule has 3 N–H and O–H groups in total. The number of nitrogens with one attached hydrogen (secondary N) is 3. The summed E-state index contributed by atoms with van der Waals surface area (Å²) in [6.07, 6.45) is -4.04. The second-order valence-corrected chi connectivity index (χ2v) is 8.73. The Morgan fingerprint density at radius 2 is 1.80 bits per heavy atom. The Morgan fingerprint density at radius 3 is 2.49 bits per heavy atom. The number of carbonyl (C=O) groups is 2. The average molecular weight is 545 g/mol. The largest absolute Gasteiger partial charge is 0.418 e. The number of carbonyl (C=O) groups excluding carboxylic acids is 2. The zero-order valence-electron chi connectivity index (χ0n) is 18.4. The van der Waals surface area contributed by atoms with E-state index in [9.17, 15) is 22.8 Å². The van der Waals surface area contributed by atoms with Crippen molar-refractivity contribution in [2.75, 3.05) is 10.6 Å². The van der Waals surface area contributed by atoms with Gasteiger partial charge in [-0.25, -0.2) is 4.99 Å². The number of halogens is 4. The fourth-order valence-electron chi connectivity index (χ4n) is 3.75. The van der Waals surface area contributed by atoms with Gasteiger partial charge in [-0.2, -0.15) is 13.2 Å². The Hall–Kier alpha value is -3.66. The molecule has 0 saturated carbocycles. The number of para-hydroxylation sites is 1. The van der Waals surface area contributed by atoms with Crippen LogP contribution in [-0.4, -0.2) is 17.8 Å². The Balaban J connectivity index is 1.71. The quantitative estimate of drug-likeness (QED) is 0.261. The summed E-state index contributed by atoms with van der Waals surface area (Å²) in [4.78, 5) is 29.1. The molecule has 0 aliphatic carbocycles. The van der Waals surface area contributed by atoms with Gasteiger partial charge in [-0.15, -0.1) is 0 Å². The highest BCUT2D eigenvalue weighted by atomic mass is 79.9. The summed E-state index contributed by atoms with van der Waals surface area (Å²) in [7, 11) is 0. The van der Waals surface area contributed by atoms with Gasteiger partial charge in [0.25, 0.3) is 5.91 Å². The number of hydrogen-bond acceptors (Lipinski definition) is 3. The Labute approximate surface area is 207 Å². The van der Waals surface area contributed by atoms with Gasteiger partial charge in [0.15, 0.2) is 0 Å². The SMILES string of the molecule is CCC1C(=O)Nc2ccc(NC(=Nc3ccccc3C(F)(F)F)NC(=O)c3ccc(Br)cc3)cc21. The number of rotatable bonds is 4. The number of fused-ring (bicyclic) bond motifs is 1. The number of amides is 2. The highest BCUT2D eigenvalue weighted by Gasteiger charge is 2.33. The van der Waals surface area contributed by atoms with Crippen LogP contribution in [0, 0.1) is 0 Å². The molecule has 3 aromatic carbocycles. The van der Waals surface area contributed by atoms with Gasteiger partial charge in [-0.05, 0) is 66.6 Å². The van der Waals surface area contributed by atoms with E-state index in [2.05, 4.69) is 36.9 Å². The Morgan fingerprint density at radius 1 is 1.09 bits per heavy atom. The summed E-state index contributed by atoms with van der Waals surface area (Å²) in [5.41, 5.74) is 0.888. The van der Waals surface area contributed by atoms with E-state index in [1.807, 2.05) is 6.92 Å². The van der Waals surface area contributed by atoms with E-state index in [4.69, 9.17) is 0 Å². The smallest absolute Gasteiger partial charge is 0.326 e. The van der Waals surface area contributed by atoms with Crippen LogP contribution >= 0.6 is 15.9 Å². The molecule has 0 radical (unpaired) electrons. The maximum Gasteiger partial charge on any atom is 0.418 e. The van der Waals surface area contributed by atoms with E-state index in [0.717, 1.165) is 16.1 Å². The number of guanidine groups is 1. The van der Waals surface area contributed by atoms with E-state index < -0.39 is 17.6 Å². The second kappa shape index (κ2) is 9.91. The van der Waals surface area contributed by atoms with Crippen LogP contribution in [0.2, 0.25) is 0 Å². The lowest BCUT2D eigenvalue weighted by molar-refractivity contribution is -0.137. The molecule has 6 nitrogen and oxygen atoms in total. The Kier molecular flexibility index (Phi) is 6.93. The van der Waals surface area contributed by atoms with E-state index in [0.29, 0.717) is 23.4 Å². The van der Waals surface area contributed by atoms with Crippen LogP contribution in [0.4, 0.5) is 30.2 Å². The fourth-order valence-corrected chi connectivity index (χ4v) is 4.01. The third-order valence-corrected chi connectivity index (χ3v) is 5.98. The zero-order valence-corrected chi connectivity index (χ0v) is 20.0. The van der Waals surface area contributed by atoms with Crippen molar-refractivity contribution in [1.82, 2.24) is 5.32 Å². The standard InChI is InChI=1S/C25H20BrF3N4O2/c1-2-17-18-13-16(11-12-20(18)31-23(17)35)30-24(33-22(34)14-7-9-15(26)10-8-14)32-21-6-4-3-5-19(21)25(27,28)29/h3-13,17H,2H2,1H3,(H,31,35)(H2,30,32,33,34). The third kappa shape index (κ3) is 5.54. The lowest BCUT2D eigenvalue weighted by atomic mass is 9.98. The average Bonchev–Trinajstić information content (AvgIpc) is 3.13. The number of aliphatic imine (C=N–C) groups is 1. The summed E-state index contributed by atoms with van der Waals surface area (Å²) in [6, 6.07) is 16.4. The van der Waals surface area contributed by atoms with Crippen LogP contribution in [-0.2, 0) is 11.0 Å². The van der Waals surface area contributed by atoms with Gasteiger partial charge in [-0.1, -0.05) is 35.0 Å². The molecule has 1 unspecified atom stereocenters. The van der Waals surface area contributed by atoms with Crippen LogP contribution in [0.1, 0.15) is 40.7 Å². The molecular weight excluding hydrogens is 525 g/mol. The molecule has 0 aromatic heterocycles. The maximum absolute atomic E-state index is 13.5. The van der Waals surface area contributed by atoms with Crippen molar-refractivity contribution < 1.29 is 22.8 Å². The van der Waals surface area contributed by atoms with E-state index in [1.165, 1.54) is 18.2 Å². The molecule has 2 amide bonds. The highest BCUT2D eigenvalue weighted by molar-refractivity contribution is 9.10. The summed E-state index contributed by atoms with van der Waals surface area (Å²) in [6.45, 7) is 1.89. The normalized spacial score (nSPS) is 15.4. The van der Waals surface area contributed by atoms with Gasteiger partial charge < -0.3 is 10.6 Å². The first kappa shape index (κ1) is 24.5. The molecule has 0 fully saturated rings. The first-order chi connectivity index (χ1) is 16.7. The lowest BCUT2D eigenvalue weighted by Crippen LogP contribution is -2.36. The number of anilines is 2. The molecule has 35 heavy (non-hydrogen) atoms. The lowest BCUT2D eigenvalue weighted by Gasteiger charge is -2.15. The van der Waals surface area contributed by atoms with Crippen LogP contribution < -0.4 is 16.0 Å². The van der Waals surface area contributed by atoms with Crippen molar-refractivity contribution in [3.8, 4) is 0 Å². The molecule has 1 aliphatic heterocycles. The molecule has 4 rings (SSSR count). The minimum absolute atomic E-state index is 0.115. The fraction of sp³-hybridized carbons (Fsp3) is 0.160. The van der Waals surface area contributed by atoms with Crippen LogP contribution in [0.5, 0.6) is 0 Å². The third-order valence-electron chi connectivity index (χ3n) is 5.45. The Bertz CT molecular complexity index is 1310. The summed E-state index contributed by atoms with van der Waals surface area (Å²) in [5, 5.41) is 8.28. The molecule has 1 aliphatic rings. The van der Waals surface area contributed by atoms with Gasteiger partial charge in [0.05, 0.1) is 17.2 Å². The molecule has 180 valence electrons. The predicted molar refractivity (Wildman–Crippen MR) is 132 cm³/mol. The molecule has 1 heterocycles. The molecule has 3 aromatic rings. The maximum atomic E-state index is 13.5. The number of benzene rings is 3. The highest BCUT2D eigenvalue weighted by Crippen LogP contribution is 2.37. The van der Waals surface area contributed by atoms with Crippen molar-refractivity contribution in [1.29, 1.82) is 0 Å². The van der Waals surface area contributed by atoms with Gasteiger partial charge in [0, 0.05) is 21.4 Å². The van der Waals surface area contributed by atoms with Crippen molar-refractivity contribution >= 4 is 50.8 Å². The van der Waals surface area contributed by atoms with Crippen LogP contribution in [0.3, 0.4) is 0 Å². The summed E-state index contributed by atoms with van der Waals surface area (Å²) < 4.78 is 41.4. The molecular formula is C25H20BrF3N4O2. The summed E-state index contributed by atoms with van der Waals surface area (Å²) >= 11 is 3.30. The second-order valence-electron chi connectivity index (χ2n) is 7.81. The van der Waals surface area contributed by atoms with Gasteiger partial charge >= 0.3 is 6.18 Å². The van der Waals surface area contributed by atoms with Crippen LogP contribution in [0.25, 0.3) is 0 Å². The van der Waals surface area contributed by atoms with Crippen molar-refractivity contribution in [3.63, 3.8) is 0 Å². The molecule has 10 heteroatoms. The zero-order chi connectivity index (χ0) is 25.2. The van der Waals surface area contributed by atoms with Gasteiger partial charge in [-0.3, -0.25) is 14.9 Å². The molecule has 0 saturated heterocycles. The van der Waals surface area contributed by atoms with Gasteiger partial charge in [0.2, 0.25) is 11.9 Å². The van der Waals surface area contributed by atoms with E-state index >= 15 is 0 Å². The molecule has 0 spiro atoms. The minimum atomic E-state index is -4.63. The van der Waals surface area contributed by atoms with Crippen molar-refractivity contribution in [2.24, 2.45) is 4.99 Å². The van der Waals surface area contributed by atoms with Crippen LogP contribution in [0.15, 0.2) is 76.2 Å². The van der Waals surface area contributed by atoms with E-state index in [1.54, 1.807) is 42.5 Å². The predicted octanol–water partition coefficient (Wildman–Crippen LogP) is 6.44. The monoisotopic (exact) mass is 544 g/mol.